The molecule has 1 aromatic rings. The third-order valence-electron chi connectivity index (χ3n) is 2.62. The van der Waals surface area contributed by atoms with Gasteiger partial charge in [-0.15, -0.1) is 0 Å². The molecule has 0 radical (unpaired) electrons. The summed E-state index contributed by atoms with van der Waals surface area (Å²) in [7, 11) is 0. The van der Waals surface area contributed by atoms with E-state index in [4.69, 9.17) is 5.73 Å². The Kier molecular flexibility index (Phi) is 3.79. The molecule has 0 atom stereocenters. The number of amides is 1. The summed E-state index contributed by atoms with van der Waals surface area (Å²) in [5.74, 6) is 0.554. The van der Waals surface area contributed by atoms with Crippen molar-refractivity contribution < 1.29 is 4.79 Å². The number of carbonyl (C=O) groups excluding carboxylic acids is 1. The molecule has 0 spiro atoms. The average molecular weight is 241 g/mol. The molecule has 1 aliphatic rings. The molecule has 0 bridgehead atoms. The van der Waals surface area contributed by atoms with Crippen LogP contribution in [0.15, 0.2) is 11.5 Å². The number of thioether (sulfide) groups is 1. The zero-order valence-corrected chi connectivity index (χ0v) is 9.74. The number of aromatic nitrogens is 3. The lowest BCUT2D eigenvalue weighted by Gasteiger charge is -2.29. The van der Waals surface area contributed by atoms with Crippen molar-refractivity contribution in [2.75, 3.05) is 18.8 Å². The van der Waals surface area contributed by atoms with Crippen LogP contribution in [0.5, 0.6) is 0 Å². The fraction of sp³-hybridized carbons (Fsp3) is 0.667. The van der Waals surface area contributed by atoms with Crippen LogP contribution in [0.4, 0.5) is 0 Å². The normalized spacial score (nSPS) is 17.7. The second-order valence-corrected chi connectivity index (χ2v) is 4.76. The fourth-order valence-electron chi connectivity index (χ4n) is 1.63. The van der Waals surface area contributed by atoms with Crippen molar-refractivity contribution in [2.45, 2.75) is 24.0 Å². The molecule has 0 saturated carbocycles. The molecule has 0 aromatic carbocycles. The second kappa shape index (κ2) is 5.31. The highest BCUT2D eigenvalue weighted by atomic mass is 32.2. The van der Waals surface area contributed by atoms with E-state index in [2.05, 4.69) is 15.2 Å². The first-order valence-corrected chi connectivity index (χ1v) is 6.26. The number of likely N-dealkylation sites (tertiary alicyclic amines) is 1. The maximum absolute atomic E-state index is 11.8. The SMILES string of the molecule is NC1CCN(C(=O)CSc2ncn[nH]2)CC1. The van der Waals surface area contributed by atoms with Gasteiger partial charge in [-0.1, -0.05) is 11.8 Å². The van der Waals surface area contributed by atoms with Crippen molar-refractivity contribution in [3.63, 3.8) is 0 Å². The molecule has 2 rings (SSSR count). The van der Waals surface area contributed by atoms with Crippen molar-refractivity contribution in [2.24, 2.45) is 5.73 Å². The van der Waals surface area contributed by atoms with Gasteiger partial charge >= 0.3 is 0 Å². The number of carbonyl (C=O) groups is 1. The summed E-state index contributed by atoms with van der Waals surface area (Å²) < 4.78 is 0. The van der Waals surface area contributed by atoms with Crippen LogP contribution in [0.25, 0.3) is 0 Å². The van der Waals surface area contributed by atoms with Gasteiger partial charge in [-0.05, 0) is 12.8 Å². The van der Waals surface area contributed by atoms with Gasteiger partial charge in [0.2, 0.25) is 5.91 Å². The van der Waals surface area contributed by atoms with E-state index in [1.54, 1.807) is 0 Å². The molecule has 1 fully saturated rings. The van der Waals surface area contributed by atoms with Crippen LogP contribution in [0.2, 0.25) is 0 Å². The maximum Gasteiger partial charge on any atom is 0.233 e. The number of piperidine rings is 1. The number of hydrogen-bond acceptors (Lipinski definition) is 5. The molecule has 16 heavy (non-hydrogen) atoms. The molecule has 6 nitrogen and oxygen atoms in total. The van der Waals surface area contributed by atoms with E-state index in [1.807, 2.05) is 4.90 Å². The lowest BCUT2D eigenvalue weighted by atomic mass is 10.1. The molecule has 0 unspecified atom stereocenters. The Balaban J connectivity index is 1.75. The van der Waals surface area contributed by atoms with Crippen LogP contribution in [-0.4, -0.2) is 50.9 Å². The number of H-pyrrole nitrogens is 1. The Hall–Kier alpha value is -1.08. The average Bonchev–Trinajstić information content (AvgIpc) is 2.80. The smallest absolute Gasteiger partial charge is 0.233 e. The Morgan fingerprint density at radius 3 is 3.00 bits per heavy atom. The van der Waals surface area contributed by atoms with Crippen molar-refractivity contribution in [3.8, 4) is 0 Å². The summed E-state index contributed by atoms with van der Waals surface area (Å²) >= 11 is 1.38. The van der Waals surface area contributed by atoms with Crippen LogP contribution < -0.4 is 5.73 Å². The Morgan fingerprint density at radius 1 is 1.62 bits per heavy atom. The highest BCUT2D eigenvalue weighted by Gasteiger charge is 2.20. The lowest BCUT2D eigenvalue weighted by molar-refractivity contribution is -0.129. The molecule has 0 aliphatic carbocycles. The monoisotopic (exact) mass is 241 g/mol. The summed E-state index contributed by atoms with van der Waals surface area (Å²) in [6.07, 6.45) is 3.24. The molecule has 1 amide bonds. The fourth-order valence-corrected chi connectivity index (χ4v) is 2.32. The van der Waals surface area contributed by atoms with E-state index >= 15 is 0 Å². The van der Waals surface area contributed by atoms with Gasteiger partial charge in [0.1, 0.15) is 6.33 Å². The molecule has 1 aromatic heterocycles. The lowest BCUT2D eigenvalue weighted by Crippen LogP contribution is -2.43. The second-order valence-electron chi connectivity index (χ2n) is 3.80. The summed E-state index contributed by atoms with van der Waals surface area (Å²) in [4.78, 5) is 17.6. The number of rotatable bonds is 3. The van der Waals surface area contributed by atoms with Crippen molar-refractivity contribution >= 4 is 17.7 Å². The quantitative estimate of drug-likeness (QED) is 0.718. The first kappa shape index (κ1) is 11.4. The van der Waals surface area contributed by atoms with Gasteiger partial charge in [0.25, 0.3) is 0 Å². The van der Waals surface area contributed by atoms with Gasteiger partial charge in [-0.25, -0.2) is 4.98 Å². The van der Waals surface area contributed by atoms with E-state index in [0.29, 0.717) is 10.9 Å². The zero-order valence-electron chi connectivity index (χ0n) is 8.93. The van der Waals surface area contributed by atoms with Gasteiger partial charge in [-0.3, -0.25) is 9.89 Å². The minimum absolute atomic E-state index is 0.147. The van der Waals surface area contributed by atoms with E-state index in [0.717, 1.165) is 25.9 Å². The molecule has 7 heteroatoms. The first-order valence-electron chi connectivity index (χ1n) is 5.27. The topological polar surface area (TPSA) is 87.9 Å². The van der Waals surface area contributed by atoms with Gasteiger partial charge in [0, 0.05) is 19.1 Å². The summed E-state index contributed by atoms with van der Waals surface area (Å²) in [5, 5.41) is 7.12. The highest BCUT2D eigenvalue weighted by Crippen LogP contribution is 2.14. The summed E-state index contributed by atoms with van der Waals surface area (Å²) in [6.45, 7) is 1.55. The van der Waals surface area contributed by atoms with Crippen molar-refractivity contribution in [1.29, 1.82) is 0 Å². The highest BCUT2D eigenvalue weighted by molar-refractivity contribution is 7.99. The predicted molar refractivity (Wildman–Crippen MR) is 60.9 cm³/mol. The standard InChI is InChI=1S/C9H15N5OS/c10-7-1-3-14(4-2-7)8(15)5-16-9-11-6-12-13-9/h6-7H,1-5,10H2,(H,11,12,13). The maximum atomic E-state index is 11.8. The van der Waals surface area contributed by atoms with Crippen LogP contribution in [-0.2, 0) is 4.79 Å². The van der Waals surface area contributed by atoms with Gasteiger partial charge in [0.15, 0.2) is 5.16 Å². The Labute approximate surface area is 98.0 Å². The van der Waals surface area contributed by atoms with Crippen molar-refractivity contribution in [1.82, 2.24) is 20.1 Å². The third kappa shape index (κ3) is 2.96. The molecule has 88 valence electrons. The van der Waals surface area contributed by atoms with E-state index < -0.39 is 0 Å². The van der Waals surface area contributed by atoms with Crippen LogP contribution >= 0.6 is 11.8 Å². The Morgan fingerprint density at radius 2 is 2.38 bits per heavy atom. The van der Waals surface area contributed by atoms with Gasteiger partial charge < -0.3 is 10.6 Å². The van der Waals surface area contributed by atoms with E-state index in [9.17, 15) is 4.79 Å². The molecule has 2 heterocycles. The minimum Gasteiger partial charge on any atom is -0.342 e. The Bertz CT molecular complexity index is 334. The van der Waals surface area contributed by atoms with Crippen molar-refractivity contribution in [3.05, 3.63) is 6.33 Å². The number of hydrogen-bond donors (Lipinski definition) is 2. The van der Waals surface area contributed by atoms with Gasteiger partial charge in [0.05, 0.1) is 5.75 Å². The zero-order chi connectivity index (χ0) is 11.4. The minimum atomic E-state index is 0.147. The summed E-state index contributed by atoms with van der Waals surface area (Å²) in [6, 6.07) is 0.256. The number of nitrogens with zero attached hydrogens (tertiary/aromatic N) is 3. The van der Waals surface area contributed by atoms with E-state index in [1.165, 1.54) is 18.1 Å². The van der Waals surface area contributed by atoms with Gasteiger partial charge in [-0.2, -0.15) is 5.10 Å². The first-order chi connectivity index (χ1) is 7.75. The van der Waals surface area contributed by atoms with E-state index in [-0.39, 0.29) is 11.9 Å². The number of nitrogens with one attached hydrogen (secondary N) is 1. The molecular formula is C9H15N5OS. The largest absolute Gasteiger partial charge is 0.342 e. The molecule has 1 saturated heterocycles. The summed E-state index contributed by atoms with van der Waals surface area (Å²) in [5.41, 5.74) is 5.78. The predicted octanol–water partition coefficient (Wildman–Crippen LogP) is -0.154. The molecular weight excluding hydrogens is 226 g/mol. The number of aromatic amines is 1. The third-order valence-corrected chi connectivity index (χ3v) is 3.48. The number of nitrogens with two attached hydrogens (primary N) is 1. The van der Waals surface area contributed by atoms with Crippen LogP contribution in [0.3, 0.4) is 0 Å². The van der Waals surface area contributed by atoms with Crippen LogP contribution in [0.1, 0.15) is 12.8 Å². The molecule has 3 N–H and O–H groups in total. The van der Waals surface area contributed by atoms with Crippen LogP contribution in [0, 0.1) is 0 Å². The molecule has 1 aliphatic heterocycles.